The number of nitrogens with two attached hydrogens (primary N) is 1. The van der Waals surface area contributed by atoms with Crippen LogP contribution >= 0.6 is 0 Å². The molecule has 0 aromatic heterocycles. The molecule has 5 aliphatic rings. The van der Waals surface area contributed by atoms with Gasteiger partial charge >= 0.3 is 0 Å². The lowest BCUT2D eigenvalue weighted by atomic mass is 9.49. The third kappa shape index (κ3) is 3.07. The molecule has 4 bridgehead atoms. The molecule has 4 saturated carbocycles. The van der Waals surface area contributed by atoms with Gasteiger partial charge in [-0.1, -0.05) is 0 Å². The van der Waals surface area contributed by atoms with E-state index >= 15 is 0 Å². The second-order valence-electron chi connectivity index (χ2n) is 8.99. The van der Waals surface area contributed by atoms with Crippen molar-refractivity contribution in [3.63, 3.8) is 0 Å². The van der Waals surface area contributed by atoms with Gasteiger partial charge in [-0.3, -0.25) is 9.59 Å². The minimum atomic E-state index is 0.0295. The first-order valence-corrected chi connectivity index (χ1v) is 9.83. The molecule has 1 unspecified atom stereocenters. The molecule has 2 amide bonds. The van der Waals surface area contributed by atoms with E-state index in [1.807, 2.05) is 4.90 Å². The monoisotopic (exact) mass is 333 g/mol. The van der Waals surface area contributed by atoms with Gasteiger partial charge in [0, 0.05) is 25.6 Å². The van der Waals surface area contributed by atoms with Crippen LogP contribution in [0.2, 0.25) is 0 Å². The predicted molar refractivity (Wildman–Crippen MR) is 92.0 cm³/mol. The van der Waals surface area contributed by atoms with Gasteiger partial charge in [0.15, 0.2) is 0 Å². The summed E-state index contributed by atoms with van der Waals surface area (Å²) in [5.74, 6) is 2.69. The van der Waals surface area contributed by atoms with E-state index in [4.69, 9.17) is 5.73 Å². The van der Waals surface area contributed by atoms with Crippen LogP contribution in [0, 0.1) is 23.2 Å². The summed E-state index contributed by atoms with van der Waals surface area (Å²) in [6, 6.07) is 0.164. The molecule has 0 spiro atoms. The van der Waals surface area contributed by atoms with Gasteiger partial charge in [0.2, 0.25) is 11.8 Å². The van der Waals surface area contributed by atoms with Crippen molar-refractivity contribution >= 4 is 11.8 Å². The van der Waals surface area contributed by atoms with Crippen molar-refractivity contribution in [2.75, 3.05) is 19.6 Å². The zero-order valence-electron chi connectivity index (χ0n) is 14.6. The van der Waals surface area contributed by atoms with Crippen molar-refractivity contribution in [3.05, 3.63) is 0 Å². The zero-order valence-corrected chi connectivity index (χ0v) is 14.6. The van der Waals surface area contributed by atoms with Crippen LogP contribution in [0.4, 0.5) is 0 Å². The highest BCUT2D eigenvalue weighted by molar-refractivity contribution is 5.85. The lowest BCUT2D eigenvalue weighted by Crippen LogP contribution is -2.49. The Bertz CT molecular complexity index is 483. The fraction of sp³-hybridized carbons (Fsp3) is 0.895. The summed E-state index contributed by atoms with van der Waals surface area (Å²) in [5.41, 5.74) is 5.98. The standard InChI is InChI=1S/C19H31N3O2/c20-11-16-2-1-3-22(16)18(24)12-21-17(23)10-19-7-13-4-14(8-19)6-15(5-13)9-19/h13-16H,1-12,20H2,(H,21,23). The Balaban J connectivity index is 1.29. The van der Waals surface area contributed by atoms with E-state index in [1.54, 1.807) is 0 Å². The van der Waals surface area contributed by atoms with Crippen molar-refractivity contribution < 1.29 is 9.59 Å². The second-order valence-corrected chi connectivity index (χ2v) is 8.99. The zero-order chi connectivity index (χ0) is 16.7. The molecule has 4 aliphatic carbocycles. The summed E-state index contributed by atoms with van der Waals surface area (Å²) in [6.45, 7) is 1.44. The van der Waals surface area contributed by atoms with Gasteiger partial charge in [0.05, 0.1) is 6.54 Å². The number of hydrogen-bond acceptors (Lipinski definition) is 3. The maximum Gasteiger partial charge on any atom is 0.242 e. The number of carbonyl (C=O) groups excluding carboxylic acids is 2. The van der Waals surface area contributed by atoms with Gasteiger partial charge in [0.1, 0.15) is 0 Å². The number of likely N-dealkylation sites (tertiary alicyclic amines) is 1. The Kier molecular flexibility index (Phi) is 4.31. The molecule has 0 aromatic rings. The van der Waals surface area contributed by atoms with Crippen molar-refractivity contribution in [3.8, 4) is 0 Å². The summed E-state index contributed by atoms with van der Waals surface area (Å²) in [5, 5.41) is 2.91. The Labute approximate surface area is 144 Å². The SMILES string of the molecule is NCC1CCCN1C(=O)CNC(=O)CC12CC3CC(CC(C3)C1)C2. The van der Waals surface area contributed by atoms with E-state index in [0.717, 1.165) is 37.1 Å². The molecule has 3 N–H and O–H groups in total. The highest BCUT2D eigenvalue weighted by atomic mass is 16.2. The number of carbonyl (C=O) groups is 2. The molecule has 5 fully saturated rings. The fourth-order valence-corrected chi connectivity index (χ4v) is 6.59. The number of nitrogens with one attached hydrogen (secondary N) is 1. The summed E-state index contributed by atoms with van der Waals surface area (Å²) in [6.07, 6.45) is 10.5. The topological polar surface area (TPSA) is 75.4 Å². The molecule has 5 rings (SSSR count). The van der Waals surface area contributed by atoms with Crippen LogP contribution in [0.3, 0.4) is 0 Å². The number of rotatable bonds is 5. The molecule has 1 heterocycles. The molecule has 0 radical (unpaired) electrons. The molecule has 5 heteroatoms. The van der Waals surface area contributed by atoms with Gasteiger partial charge < -0.3 is 16.0 Å². The van der Waals surface area contributed by atoms with Gasteiger partial charge in [-0.2, -0.15) is 0 Å². The highest BCUT2D eigenvalue weighted by Gasteiger charge is 2.51. The smallest absolute Gasteiger partial charge is 0.242 e. The van der Waals surface area contributed by atoms with Crippen LogP contribution in [0.15, 0.2) is 0 Å². The average Bonchev–Trinajstić information content (AvgIpc) is 2.99. The lowest BCUT2D eigenvalue weighted by Gasteiger charge is -2.56. The summed E-state index contributed by atoms with van der Waals surface area (Å²) < 4.78 is 0. The Morgan fingerprint density at radius 3 is 2.29 bits per heavy atom. The van der Waals surface area contributed by atoms with Crippen LogP contribution in [0.5, 0.6) is 0 Å². The molecule has 0 aromatic carbocycles. The Morgan fingerprint density at radius 2 is 1.71 bits per heavy atom. The molecule has 1 saturated heterocycles. The van der Waals surface area contributed by atoms with Gasteiger partial charge in [-0.25, -0.2) is 0 Å². The maximum atomic E-state index is 12.5. The minimum absolute atomic E-state index is 0.0295. The third-order valence-corrected chi connectivity index (χ3v) is 7.11. The third-order valence-electron chi connectivity index (χ3n) is 7.11. The van der Waals surface area contributed by atoms with E-state index in [0.29, 0.717) is 13.0 Å². The minimum Gasteiger partial charge on any atom is -0.347 e. The number of nitrogens with zero attached hydrogens (tertiary/aromatic N) is 1. The molecule has 134 valence electrons. The van der Waals surface area contributed by atoms with Crippen LogP contribution in [-0.4, -0.2) is 42.4 Å². The van der Waals surface area contributed by atoms with E-state index < -0.39 is 0 Å². The predicted octanol–water partition coefficient (Wildman–Crippen LogP) is 1.66. The largest absolute Gasteiger partial charge is 0.347 e. The lowest BCUT2D eigenvalue weighted by molar-refractivity contribution is -0.136. The molecular formula is C19H31N3O2. The molecule has 1 aliphatic heterocycles. The maximum absolute atomic E-state index is 12.5. The van der Waals surface area contributed by atoms with Crippen LogP contribution < -0.4 is 11.1 Å². The fourth-order valence-electron chi connectivity index (χ4n) is 6.59. The van der Waals surface area contributed by atoms with Gasteiger partial charge in [-0.05, 0) is 74.5 Å². The molecule has 5 nitrogen and oxygen atoms in total. The molecule has 1 atom stereocenters. The second kappa shape index (κ2) is 6.32. The van der Waals surface area contributed by atoms with E-state index in [1.165, 1.54) is 38.5 Å². The Morgan fingerprint density at radius 1 is 1.08 bits per heavy atom. The van der Waals surface area contributed by atoms with Gasteiger partial charge in [-0.15, -0.1) is 0 Å². The first kappa shape index (κ1) is 16.4. The molecule has 24 heavy (non-hydrogen) atoms. The van der Waals surface area contributed by atoms with Crippen molar-refractivity contribution in [1.82, 2.24) is 10.2 Å². The normalized spacial score (nSPS) is 40.1. The van der Waals surface area contributed by atoms with Gasteiger partial charge in [0.25, 0.3) is 0 Å². The van der Waals surface area contributed by atoms with E-state index in [-0.39, 0.29) is 29.8 Å². The number of hydrogen-bond donors (Lipinski definition) is 2. The van der Waals surface area contributed by atoms with Crippen molar-refractivity contribution in [2.45, 2.75) is 63.8 Å². The van der Waals surface area contributed by atoms with Crippen molar-refractivity contribution in [1.29, 1.82) is 0 Å². The first-order chi connectivity index (χ1) is 11.6. The van der Waals surface area contributed by atoms with E-state index in [2.05, 4.69) is 5.32 Å². The summed E-state index contributed by atoms with van der Waals surface area (Å²) in [7, 11) is 0. The summed E-state index contributed by atoms with van der Waals surface area (Å²) >= 11 is 0. The van der Waals surface area contributed by atoms with Crippen molar-refractivity contribution in [2.24, 2.45) is 28.9 Å². The first-order valence-electron chi connectivity index (χ1n) is 9.83. The summed E-state index contributed by atoms with van der Waals surface area (Å²) in [4.78, 5) is 26.7. The highest BCUT2D eigenvalue weighted by Crippen LogP contribution is 2.61. The van der Waals surface area contributed by atoms with E-state index in [9.17, 15) is 9.59 Å². The van der Waals surface area contributed by atoms with Crippen LogP contribution in [0.1, 0.15) is 57.8 Å². The van der Waals surface area contributed by atoms with Crippen LogP contribution in [0.25, 0.3) is 0 Å². The van der Waals surface area contributed by atoms with Crippen LogP contribution in [-0.2, 0) is 9.59 Å². The quantitative estimate of drug-likeness (QED) is 0.803. The average molecular weight is 333 g/mol. The Hall–Kier alpha value is -1.10. The molecular weight excluding hydrogens is 302 g/mol. The number of amides is 2.